The molecule has 1 aromatic heterocycles. The molecule has 0 fully saturated rings. The highest BCUT2D eigenvalue weighted by molar-refractivity contribution is 6.36. The number of halogens is 2. The number of hydrogen-bond donors (Lipinski definition) is 2. The van der Waals surface area contributed by atoms with Crippen molar-refractivity contribution in [1.29, 1.82) is 0 Å². The molecule has 0 saturated heterocycles. The van der Waals surface area contributed by atoms with Gasteiger partial charge in [-0.1, -0.05) is 28.4 Å². The van der Waals surface area contributed by atoms with Crippen LogP contribution in [0, 0.1) is 12.3 Å². The van der Waals surface area contributed by atoms with E-state index in [2.05, 4.69) is 15.8 Å². The van der Waals surface area contributed by atoms with Gasteiger partial charge in [0, 0.05) is 11.1 Å². The highest BCUT2D eigenvalue weighted by atomic mass is 35.5. The van der Waals surface area contributed by atoms with E-state index in [1.54, 1.807) is 25.1 Å². The van der Waals surface area contributed by atoms with Gasteiger partial charge in [-0.3, -0.25) is 9.59 Å². The van der Waals surface area contributed by atoms with Crippen LogP contribution in [0.1, 0.15) is 19.6 Å². The van der Waals surface area contributed by atoms with Crippen molar-refractivity contribution in [1.82, 2.24) is 5.16 Å². The number of amides is 2. The van der Waals surface area contributed by atoms with E-state index in [-0.39, 0.29) is 10.8 Å². The lowest BCUT2D eigenvalue weighted by Gasteiger charge is -2.22. The number of nitrogens with one attached hydrogen (secondary N) is 2. The monoisotopic (exact) mass is 355 g/mol. The van der Waals surface area contributed by atoms with Crippen LogP contribution in [0.25, 0.3) is 0 Å². The van der Waals surface area contributed by atoms with E-state index < -0.39 is 17.2 Å². The predicted octanol–water partition coefficient (Wildman–Crippen LogP) is 3.89. The minimum absolute atomic E-state index is 0.248. The number of aryl methyl sites for hydroxylation is 1. The Balaban J connectivity index is 2.11. The standard InChI is InChI=1S/C15H15Cl2N3O3/c1-8-6-12(20-23-8)19-14(22)15(2,3)13(21)18-11-5-4-9(16)7-10(11)17/h4-7H,1-3H3,(H,18,21)(H,19,20,22). The molecule has 0 aliphatic carbocycles. The molecule has 23 heavy (non-hydrogen) atoms. The predicted molar refractivity (Wildman–Crippen MR) is 88.7 cm³/mol. The first-order chi connectivity index (χ1) is 10.7. The van der Waals surface area contributed by atoms with E-state index in [1.165, 1.54) is 19.9 Å². The molecule has 2 rings (SSSR count). The van der Waals surface area contributed by atoms with Crippen LogP contribution in [0.2, 0.25) is 10.0 Å². The Kier molecular flexibility index (Phi) is 4.97. The minimum Gasteiger partial charge on any atom is -0.360 e. The smallest absolute Gasteiger partial charge is 0.240 e. The first-order valence-corrected chi connectivity index (χ1v) is 7.47. The molecular formula is C15H15Cl2N3O3. The second-order valence-corrected chi connectivity index (χ2v) is 6.32. The van der Waals surface area contributed by atoms with E-state index in [1.807, 2.05) is 0 Å². The van der Waals surface area contributed by atoms with E-state index >= 15 is 0 Å². The molecule has 0 radical (unpaired) electrons. The van der Waals surface area contributed by atoms with Crippen molar-refractivity contribution in [2.45, 2.75) is 20.8 Å². The Hall–Kier alpha value is -2.05. The fourth-order valence-corrected chi connectivity index (χ4v) is 2.13. The summed E-state index contributed by atoms with van der Waals surface area (Å²) in [6.45, 7) is 4.69. The molecule has 0 bridgehead atoms. The van der Waals surface area contributed by atoms with Crippen LogP contribution >= 0.6 is 23.2 Å². The molecule has 1 aromatic carbocycles. The maximum Gasteiger partial charge on any atom is 0.240 e. The number of benzene rings is 1. The summed E-state index contributed by atoms with van der Waals surface area (Å²) >= 11 is 11.8. The number of hydrogen-bond acceptors (Lipinski definition) is 4. The summed E-state index contributed by atoms with van der Waals surface area (Å²) in [7, 11) is 0. The fraction of sp³-hybridized carbons (Fsp3) is 0.267. The first kappa shape index (κ1) is 17.3. The number of anilines is 2. The van der Waals surface area contributed by atoms with Crippen molar-refractivity contribution in [3.63, 3.8) is 0 Å². The van der Waals surface area contributed by atoms with Gasteiger partial charge in [0.1, 0.15) is 11.2 Å². The Morgan fingerprint density at radius 2 is 1.78 bits per heavy atom. The van der Waals surface area contributed by atoms with Crippen LogP contribution in [0.15, 0.2) is 28.8 Å². The topological polar surface area (TPSA) is 84.2 Å². The van der Waals surface area contributed by atoms with E-state index in [0.717, 1.165) is 0 Å². The lowest BCUT2D eigenvalue weighted by atomic mass is 9.91. The summed E-state index contributed by atoms with van der Waals surface area (Å²) in [5.41, 5.74) is -0.977. The fourth-order valence-electron chi connectivity index (χ4n) is 1.67. The van der Waals surface area contributed by atoms with Crippen molar-refractivity contribution in [2.24, 2.45) is 5.41 Å². The third-order valence-corrected chi connectivity index (χ3v) is 3.73. The summed E-state index contributed by atoms with van der Waals surface area (Å²) in [6.07, 6.45) is 0. The third-order valence-electron chi connectivity index (χ3n) is 3.18. The Bertz CT molecular complexity index is 756. The van der Waals surface area contributed by atoms with Gasteiger partial charge in [-0.05, 0) is 39.0 Å². The molecule has 0 unspecified atom stereocenters. The summed E-state index contributed by atoms with van der Waals surface area (Å²) in [5, 5.41) is 9.55. The van der Waals surface area contributed by atoms with Crippen molar-refractivity contribution in [3.8, 4) is 0 Å². The number of carbonyl (C=O) groups is 2. The minimum atomic E-state index is -1.35. The Labute approximate surface area is 143 Å². The van der Waals surface area contributed by atoms with Gasteiger partial charge >= 0.3 is 0 Å². The second-order valence-electron chi connectivity index (χ2n) is 5.48. The quantitative estimate of drug-likeness (QED) is 0.814. The van der Waals surface area contributed by atoms with Crippen LogP contribution in [-0.4, -0.2) is 17.0 Å². The number of carbonyl (C=O) groups excluding carboxylic acids is 2. The lowest BCUT2D eigenvalue weighted by molar-refractivity contribution is -0.135. The van der Waals surface area contributed by atoms with E-state index in [9.17, 15) is 9.59 Å². The molecule has 122 valence electrons. The zero-order valence-corrected chi connectivity index (χ0v) is 14.2. The van der Waals surface area contributed by atoms with E-state index in [4.69, 9.17) is 27.7 Å². The molecule has 0 atom stereocenters. The molecule has 8 heteroatoms. The summed E-state index contributed by atoms with van der Waals surface area (Å²) in [5.74, 6) is -0.235. The van der Waals surface area contributed by atoms with Crippen molar-refractivity contribution in [3.05, 3.63) is 40.1 Å². The second kappa shape index (κ2) is 6.60. The van der Waals surface area contributed by atoms with Crippen molar-refractivity contribution in [2.75, 3.05) is 10.6 Å². The molecule has 1 heterocycles. The zero-order chi connectivity index (χ0) is 17.2. The van der Waals surface area contributed by atoms with Crippen LogP contribution in [0.5, 0.6) is 0 Å². The number of rotatable bonds is 4. The zero-order valence-electron chi connectivity index (χ0n) is 12.7. The highest BCUT2D eigenvalue weighted by Gasteiger charge is 2.36. The molecule has 2 amide bonds. The normalized spacial score (nSPS) is 11.2. The van der Waals surface area contributed by atoms with Crippen molar-refractivity contribution < 1.29 is 14.1 Å². The van der Waals surface area contributed by atoms with Gasteiger partial charge in [0.2, 0.25) is 11.8 Å². The van der Waals surface area contributed by atoms with Crippen LogP contribution in [0.3, 0.4) is 0 Å². The maximum absolute atomic E-state index is 12.4. The number of nitrogens with zero attached hydrogens (tertiary/aromatic N) is 1. The molecule has 2 aromatic rings. The van der Waals surface area contributed by atoms with Gasteiger partial charge in [0.05, 0.1) is 10.7 Å². The first-order valence-electron chi connectivity index (χ1n) is 6.71. The molecule has 0 aliphatic heterocycles. The summed E-state index contributed by atoms with van der Waals surface area (Å²) < 4.78 is 4.87. The average molecular weight is 356 g/mol. The maximum atomic E-state index is 12.4. The van der Waals surface area contributed by atoms with Crippen LogP contribution in [-0.2, 0) is 9.59 Å². The highest BCUT2D eigenvalue weighted by Crippen LogP contribution is 2.28. The van der Waals surface area contributed by atoms with Gasteiger partial charge in [-0.25, -0.2) is 0 Å². The van der Waals surface area contributed by atoms with E-state index in [0.29, 0.717) is 16.5 Å². The SMILES string of the molecule is Cc1cc(NC(=O)C(C)(C)C(=O)Nc2ccc(Cl)cc2Cl)no1. The molecule has 0 saturated carbocycles. The largest absolute Gasteiger partial charge is 0.360 e. The average Bonchev–Trinajstić information content (AvgIpc) is 2.87. The van der Waals surface area contributed by atoms with Gasteiger partial charge in [0.15, 0.2) is 5.82 Å². The lowest BCUT2D eigenvalue weighted by Crippen LogP contribution is -2.41. The Morgan fingerprint density at radius 3 is 2.35 bits per heavy atom. The van der Waals surface area contributed by atoms with Crippen LogP contribution < -0.4 is 10.6 Å². The van der Waals surface area contributed by atoms with Gasteiger partial charge in [-0.15, -0.1) is 0 Å². The van der Waals surface area contributed by atoms with Gasteiger partial charge < -0.3 is 15.2 Å². The summed E-state index contributed by atoms with van der Waals surface area (Å²) in [6, 6.07) is 6.22. The number of aromatic nitrogens is 1. The van der Waals surface area contributed by atoms with Crippen LogP contribution in [0.4, 0.5) is 11.5 Å². The third kappa shape index (κ3) is 4.03. The molecule has 2 N–H and O–H groups in total. The molecule has 0 aliphatic rings. The van der Waals surface area contributed by atoms with Gasteiger partial charge in [0.25, 0.3) is 0 Å². The Morgan fingerprint density at radius 1 is 1.13 bits per heavy atom. The molecule has 6 nitrogen and oxygen atoms in total. The summed E-state index contributed by atoms with van der Waals surface area (Å²) in [4.78, 5) is 24.7. The molecular weight excluding hydrogens is 341 g/mol. The van der Waals surface area contributed by atoms with Gasteiger partial charge in [-0.2, -0.15) is 0 Å². The molecule has 0 spiro atoms. The van der Waals surface area contributed by atoms with Crippen molar-refractivity contribution >= 4 is 46.5 Å².